The molecule has 148 valence electrons. The number of anilines is 1. The lowest BCUT2D eigenvalue weighted by molar-refractivity contribution is -0.144. The molecule has 1 aromatic heterocycles. The highest BCUT2D eigenvalue weighted by Crippen LogP contribution is 2.21. The van der Waals surface area contributed by atoms with Crippen LogP contribution in [0.4, 0.5) is 5.95 Å². The highest BCUT2D eigenvalue weighted by Gasteiger charge is 2.26. The highest BCUT2D eigenvalue weighted by molar-refractivity contribution is 6.33. The van der Waals surface area contributed by atoms with Crippen LogP contribution in [0, 0.1) is 0 Å². The average molecular weight is 396 g/mol. The van der Waals surface area contributed by atoms with E-state index in [9.17, 15) is 9.59 Å². The molecule has 0 aromatic carbocycles. The van der Waals surface area contributed by atoms with Gasteiger partial charge in [-0.1, -0.05) is 11.6 Å². The number of hydrogen-bond donors (Lipinski definition) is 0. The zero-order valence-electron chi connectivity index (χ0n) is 15.7. The van der Waals surface area contributed by atoms with Gasteiger partial charge in [0.2, 0.25) is 5.95 Å². The smallest absolute Gasteiger partial charge is 0.320 e. The van der Waals surface area contributed by atoms with Crippen molar-refractivity contribution < 1.29 is 14.3 Å². The second-order valence-electron chi connectivity index (χ2n) is 6.79. The molecule has 0 atom stereocenters. The number of esters is 1. The molecule has 0 aliphatic carbocycles. The number of aromatic nitrogens is 2. The predicted molar refractivity (Wildman–Crippen MR) is 102 cm³/mol. The Balaban J connectivity index is 1.65. The molecule has 0 spiro atoms. The maximum atomic E-state index is 13.0. The molecule has 2 saturated heterocycles. The summed E-state index contributed by atoms with van der Waals surface area (Å²) >= 11 is 6.23. The molecule has 27 heavy (non-hydrogen) atoms. The Labute approximate surface area is 164 Å². The lowest BCUT2D eigenvalue weighted by Crippen LogP contribution is -2.37. The summed E-state index contributed by atoms with van der Waals surface area (Å²) in [5.74, 6) is 0.159. The van der Waals surface area contributed by atoms with Crippen LogP contribution >= 0.6 is 11.6 Å². The van der Waals surface area contributed by atoms with Crippen LogP contribution in [0.2, 0.25) is 5.02 Å². The Morgan fingerprint density at radius 3 is 2.63 bits per heavy atom. The van der Waals surface area contributed by atoms with E-state index in [1.807, 2.05) is 4.90 Å². The molecular weight excluding hydrogens is 370 g/mol. The summed E-state index contributed by atoms with van der Waals surface area (Å²) in [6.07, 6.45) is 4.52. The summed E-state index contributed by atoms with van der Waals surface area (Å²) in [4.78, 5) is 39.3. The quantitative estimate of drug-likeness (QED) is 0.698. The number of amides is 1. The van der Waals surface area contributed by atoms with Gasteiger partial charge in [-0.05, 0) is 26.2 Å². The van der Waals surface area contributed by atoms with Crippen molar-refractivity contribution in [3.63, 3.8) is 0 Å². The van der Waals surface area contributed by atoms with Crippen LogP contribution < -0.4 is 4.90 Å². The van der Waals surface area contributed by atoms with Gasteiger partial charge in [-0.3, -0.25) is 14.5 Å². The first-order valence-corrected chi connectivity index (χ1v) is 9.91. The molecule has 2 aliphatic heterocycles. The van der Waals surface area contributed by atoms with Gasteiger partial charge in [0.1, 0.15) is 0 Å². The third-order valence-electron chi connectivity index (χ3n) is 4.86. The molecule has 9 heteroatoms. The molecule has 0 radical (unpaired) electrons. The van der Waals surface area contributed by atoms with Crippen molar-refractivity contribution in [2.24, 2.45) is 0 Å². The van der Waals surface area contributed by atoms with Crippen molar-refractivity contribution in [2.75, 3.05) is 57.3 Å². The van der Waals surface area contributed by atoms with Gasteiger partial charge in [0.25, 0.3) is 5.91 Å². The van der Waals surface area contributed by atoms with E-state index in [2.05, 4.69) is 14.9 Å². The first kappa shape index (κ1) is 19.8. The largest absolute Gasteiger partial charge is 0.465 e. The maximum Gasteiger partial charge on any atom is 0.320 e. The molecule has 2 aliphatic rings. The van der Waals surface area contributed by atoms with Crippen molar-refractivity contribution in [2.45, 2.75) is 26.2 Å². The van der Waals surface area contributed by atoms with E-state index in [0.717, 1.165) is 38.9 Å². The summed E-state index contributed by atoms with van der Waals surface area (Å²) < 4.78 is 5.01. The molecule has 2 fully saturated rings. The first-order chi connectivity index (χ1) is 13.1. The summed E-state index contributed by atoms with van der Waals surface area (Å²) in [5, 5.41) is 0.274. The standard InChI is InChI=1S/C18H26ClN5O3/c1-2-27-15(25)13-22-6-5-9-23(11-10-22)17(26)16-14(19)12-20-18(21-16)24-7-3-4-8-24/h12H,2-11,13H2,1H3. The number of halogens is 1. The van der Waals surface area contributed by atoms with E-state index >= 15 is 0 Å². The van der Waals surface area contributed by atoms with E-state index in [1.165, 1.54) is 6.20 Å². The fourth-order valence-electron chi connectivity index (χ4n) is 3.45. The van der Waals surface area contributed by atoms with Crippen LogP contribution in [-0.2, 0) is 9.53 Å². The van der Waals surface area contributed by atoms with Crippen LogP contribution in [0.15, 0.2) is 6.20 Å². The molecule has 0 saturated carbocycles. The van der Waals surface area contributed by atoms with Crippen molar-refractivity contribution in [3.8, 4) is 0 Å². The number of carbonyl (C=O) groups excluding carboxylic acids is 2. The highest BCUT2D eigenvalue weighted by atomic mass is 35.5. The average Bonchev–Trinajstić information content (AvgIpc) is 3.09. The molecule has 3 rings (SSSR count). The summed E-state index contributed by atoms with van der Waals surface area (Å²) in [7, 11) is 0. The maximum absolute atomic E-state index is 13.0. The van der Waals surface area contributed by atoms with Crippen LogP contribution in [0.1, 0.15) is 36.7 Å². The number of nitrogens with zero attached hydrogens (tertiary/aromatic N) is 5. The molecule has 0 N–H and O–H groups in total. The fraction of sp³-hybridized carbons (Fsp3) is 0.667. The second kappa shape index (κ2) is 9.32. The van der Waals surface area contributed by atoms with E-state index in [0.29, 0.717) is 32.2 Å². The van der Waals surface area contributed by atoms with Gasteiger partial charge in [-0.2, -0.15) is 0 Å². The third-order valence-corrected chi connectivity index (χ3v) is 5.13. The first-order valence-electron chi connectivity index (χ1n) is 9.53. The summed E-state index contributed by atoms with van der Waals surface area (Å²) in [5.41, 5.74) is 0.257. The van der Waals surface area contributed by atoms with Gasteiger partial charge >= 0.3 is 5.97 Å². The van der Waals surface area contributed by atoms with Crippen molar-refractivity contribution in [1.82, 2.24) is 19.8 Å². The molecule has 1 amide bonds. The monoisotopic (exact) mass is 395 g/mol. The Morgan fingerprint density at radius 1 is 1.11 bits per heavy atom. The van der Waals surface area contributed by atoms with Gasteiger partial charge in [0, 0.05) is 39.3 Å². The number of ether oxygens (including phenoxy) is 1. The molecule has 0 unspecified atom stereocenters. The van der Waals surface area contributed by atoms with Gasteiger partial charge < -0.3 is 14.5 Å². The topological polar surface area (TPSA) is 78.9 Å². The molecular formula is C18H26ClN5O3. The van der Waals surface area contributed by atoms with E-state index in [1.54, 1.807) is 11.8 Å². The Hall–Kier alpha value is -1.93. The molecule has 0 bridgehead atoms. The van der Waals surface area contributed by atoms with Crippen LogP contribution in [0.25, 0.3) is 0 Å². The van der Waals surface area contributed by atoms with E-state index in [-0.39, 0.29) is 29.1 Å². The van der Waals surface area contributed by atoms with Crippen molar-refractivity contribution in [1.29, 1.82) is 0 Å². The normalized spacial score (nSPS) is 18.4. The lowest BCUT2D eigenvalue weighted by atomic mass is 10.3. The fourth-order valence-corrected chi connectivity index (χ4v) is 3.62. The Morgan fingerprint density at radius 2 is 1.89 bits per heavy atom. The zero-order valence-corrected chi connectivity index (χ0v) is 16.5. The lowest BCUT2D eigenvalue weighted by Gasteiger charge is -2.22. The minimum Gasteiger partial charge on any atom is -0.465 e. The minimum atomic E-state index is -0.230. The third kappa shape index (κ3) is 5.07. The molecule has 3 heterocycles. The van der Waals surface area contributed by atoms with Gasteiger partial charge in [-0.15, -0.1) is 0 Å². The van der Waals surface area contributed by atoms with Crippen LogP contribution in [0.3, 0.4) is 0 Å². The van der Waals surface area contributed by atoms with E-state index in [4.69, 9.17) is 16.3 Å². The predicted octanol–water partition coefficient (Wildman–Crippen LogP) is 1.44. The number of hydrogen-bond acceptors (Lipinski definition) is 7. The second-order valence-corrected chi connectivity index (χ2v) is 7.19. The molecule has 8 nitrogen and oxygen atoms in total. The summed E-state index contributed by atoms with van der Waals surface area (Å²) in [6, 6.07) is 0. The van der Waals surface area contributed by atoms with Gasteiger partial charge in [0.15, 0.2) is 5.69 Å². The van der Waals surface area contributed by atoms with Crippen molar-refractivity contribution >= 4 is 29.4 Å². The minimum absolute atomic E-state index is 0.180. The number of rotatable bonds is 5. The zero-order chi connectivity index (χ0) is 19.2. The Bertz CT molecular complexity index is 681. The van der Waals surface area contributed by atoms with Crippen molar-refractivity contribution in [3.05, 3.63) is 16.9 Å². The number of carbonyl (C=O) groups is 2. The van der Waals surface area contributed by atoms with Crippen LogP contribution in [0.5, 0.6) is 0 Å². The Kier molecular flexibility index (Phi) is 6.84. The van der Waals surface area contributed by atoms with Gasteiger partial charge in [-0.25, -0.2) is 9.97 Å². The molecule has 1 aromatic rings. The summed E-state index contributed by atoms with van der Waals surface area (Å²) in [6.45, 7) is 6.73. The van der Waals surface area contributed by atoms with Gasteiger partial charge in [0.05, 0.1) is 24.4 Å². The van der Waals surface area contributed by atoms with E-state index < -0.39 is 0 Å². The SMILES string of the molecule is CCOC(=O)CN1CCCN(C(=O)c2nc(N3CCCC3)ncc2Cl)CC1. The van der Waals surface area contributed by atoms with Crippen LogP contribution in [-0.4, -0.2) is 84.1 Å².